The Morgan fingerprint density at radius 2 is 1.85 bits per heavy atom. The lowest BCUT2D eigenvalue weighted by atomic mass is 10.1. The fourth-order valence-electron chi connectivity index (χ4n) is 2.74. The van der Waals surface area contributed by atoms with Gasteiger partial charge in [0.05, 0.1) is 6.26 Å². The lowest BCUT2D eigenvalue weighted by Gasteiger charge is -2.27. The number of rotatable bonds is 7. The molecule has 2 aromatic carbocycles. The summed E-state index contributed by atoms with van der Waals surface area (Å²) >= 11 is 5.91. The third kappa shape index (κ3) is 5.56. The zero-order valence-electron chi connectivity index (χ0n) is 15.1. The summed E-state index contributed by atoms with van der Waals surface area (Å²) in [5.41, 5.74) is 2.40. The van der Waals surface area contributed by atoms with Gasteiger partial charge in [-0.05, 0) is 43.2 Å². The topological polar surface area (TPSA) is 66.5 Å². The quantitative estimate of drug-likeness (QED) is 0.771. The number of hydrogen-bond donors (Lipinski definition) is 1. The SMILES string of the molecule is Cc1cc(Cl)ccc1NC(=O)CCN(C(C)c1ccccc1)S(C)(=O)=O. The van der Waals surface area contributed by atoms with E-state index in [1.54, 1.807) is 18.2 Å². The molecule has 2 rings (SSSR count). The molecule has 1 N–H and O–H groups in total. The van der Waals surface area contributed by atoms with Crippen LogP contribution in [0.4, 0.5) is 5.69 Å². The molecule has 0 heterocycles. The molecule has 0 spiro atoms. The van der Waals surface area contributed by atoms with Crippen molar-refractivity contribution < 1.29 is 13.2 Å². The molecule has 7 heteroatoms. The highest BCUT2D eigenvalue weighted by atomic mass is 35.5. The fraction of sp³-hybridized carbons (Fsp3) is 0.316. The van der Waals surface area contributed by atoms with Crippen LogP contribution >= 0.6 is 11.6 Å². The average molecular weight is 395 g/mol. The second-order valence-electron chi connectivity index (χ2n) is 6.22. The van der Waals surface area contributed by atoms with Gasteiger partial charge in [-0.2, -0.15) is 4.31 Å². The lowest BCUT2D eigenvalue weighted by Crippen LogP contribution is -2.35. The lowest BCUT2D eigenvalue weighted by molar-refractivity contribution is -0.116. The molecule has 2 aromatic rings. The number of sulfonamides is 1. The van der Waals surface area contributed by atoms with E-state index in [4.69, 9.17) is 11.6 Å². The Hall–Kier alpha value is -1.89. The predicted molar refractivity (Wildman–Crippen MR) is 106 cm³/mol. The number of anilines is 1. The van der Waals surface area contributed by atoms with E-state index in [9.17, 15) is 13.2 Å². The van der Waals surface area contributed by atoms with Gasteiger partial charge in [0.15, 0.2) is 0 Å². The Labute approximate surface area is 160 Å². The summed E-state index contributed by atoms with van der Waals surface area (Å²) in [6.45, 7) is 3.77. The summed E-state index contributed by atoms with van der Waals surface area (Å²) in [6, 6.07) is 14.2. The molecule has 140 valence electrons. The zero-order valence-corrected chi connectivity index (χ0v) is 16.6. The summed E-state index contributed by atoms with van der Waals surface area (Å²) < 4.78 is 25.7. The van der Waals surface area contributed by atoms with Crippen molar-refractivity contribution in [2.45, 2.75) is 26.3 Å². The van der Waals surface area contributed by atoms with Crippen molar-refractivity contribution in [3.05, 3.63) is 64.7 Å². The molecule has 0 aliphatic heterocycles. The predicted octanol–water partition coefficient (Wildman–Crippen LogP) is 4.00. The number of halogens is 1. The molecule has 26 heavy (non-hydrogen) atoms. The van der Waals surface area contributed by atoms with Crippen LogP contribution in [0, 0.1) is 6.92 Å². The van der Waals surface area contributed by atoms with E-state index in [1.807, 2.05) is 44.2 Å². The molecule has 0 aliphatic rings. The number of hydrogen-bond acceptors (Lipinski definition) is 3. The van der Waals surface area contributed by atoms with Gasteiger partial charge in [-0.25, -0.2) is 8.42 Å². The number of carbonyl (C=O) groups excluding carboxylic acids is 1. The molecule has 0 saturated carbocycles. The standard InChI is InChI=1S/C19H23ClN2O3S/c1-14-13-17(20)9-10-18(14)21-19(23)11-12-22(26(3,24)25)15(2)16-7-5-4-6-8-16/h4-10,13,15H,11-12H2,1-3H3,(H,21,23). The number of nitrogens with zero attached hydrogens (tertiary/aromatic N) is 1. The van der Waals surface area contributed by atoms with Gasteiger partial charge >= 0.3 is 0 Å². The maximum absolute atomic E-state index is 12.3. The molecule has 1 amide bonds. The van der Waals surface area contributed by atoms with Gasteiger partial charge in [0.2, 0.25) is 15.9 Å². The van der Waals surface area contributed by atoms with Gasteiger partial charge in [0, 0.05) is 29.7 Å². The van der Waals surface area contributed by atoms with E-state index >= 15 is 0 Å². The summed E-state index contributed by atoms with van der Waals surface area (Å²) in [5, 5.41) is 3.40. The molecular formula is C19H23ClN2O3S. The van der Waals surface area contributed by atoms with Gasteiger partial charge in [-0.15, -0.1) is 0 Å². The first kappa shape index (κ1) is 20.4. The highest BCUT2D eigenvalue weighted by molar-refractivity contribution is 7.88. The highest BCUT2D eigenvalue weighted by Crippen LogP contribution is 2.23. The molecule has 0 aliphatic carbocycles. The Balaban J connectivity index is 2.06. The summed E-state index contributed by atoms with van der Waals surface area (Å²) in [5.74, 6) is -0.246. The minimum absolute atomic E-state index is 0.0618. The van der Waals surface area contributed by atoms with Crippen LogP contribution in [0.1, 0.15) is 30.5 Å². The molecular weight excluding hydrogens is 372 g/mol. The number of benzene rings is 2. The van der Waals surface area contributed by atoms with E-state index in [1.165, 1.54) is 4.31 Å². The smallest absolute Gasteiger partial charge is 0.225 e. The Bertz CT molecular complexity index is 870. The zero-order chi connectivity index (χ0) is 19.3. The van der Waals surface area contributed by atoms with Gasteiger partial charge in [0.25, 0.3) is 0 Å². The molecule has 5 nitrogen and oxygen atoms in total. The molecule has 0 bridgehead atoms. The maximum atomic E-state index is 12.3. The number of aryl methyl sites for hydroxylation is 1. The largest absolute Gasteiger partial charge is 0.326 e. The Kier molecular flexibility index (Phi) is 6.81. The van der Waals surface area contributed by atoms with Crippen molar-refractivity contribution in [2.24, 2.45) is 0 Å². The molecule has 0 radical (unpaired) electrons. The van der Waals surface area contributed by atoms with E-state index < -0.39 is 10.0 Å². The van der Waals surface area contributed by atoms with E-state index in [2.05, 4.69) is 5.32 Å². The first-order valence-electron chi connectivity index (χ1n) is 8.26. The fourth-order valence-corrected chi connectivity index (χ4v) is 4.08. The van der Waals surface area contributed by atoms with Crippen LogP contribution in [0.15, 0.2) is 48.5 Å². The molecule has 0 aromatic heterocycles. The molecule has 0 saturated heterocycles. The minimum Gasteiger partial charge on any atom is -0.326 e. The van der Waals surface area contributed by atoms with Gasteiger partial charge < -0.3 is 5.32 Å². The van der Waals surface area contributed by atoms with Crippen LogP contribution in [-0.4, -0.2) is 31.4 Å². The van der Waals surface area contributed by atoms with Gasteiger partial charge in [0.1, 0.15) is 0 Å². The molecule has 1 atom stereocenters. The second kappa shape index (κ2) is 8.66. The third-order valence-electron chi connectivity index (χ3n) is 4.16. The van der Waals surface area contributed by atoms with Crippen molar-refractivity contribution >= 4 is 33.2 Å². The van der Waals surface area contributed by atoms with Crippen LogP contribution in [0.2, 0.25) is 5.02 Å². The molecule has 1 unspecified atom stereocenters. The summed E-state index contributed by atoms with van der Waals surface area (Å²) in [4.78, 5) is 12.3. The van der Waals surface area contributed by atoms with Crippen LogP contribution in [0.25, 0.3) is 0 Å². The van der Waals surface area contributed by atoms with Crippen LogP contribution in [0.5, 0.6) is 0 Å². The Morgan fingerprint density at radius 3 is 2.42 bits per heavy atom. The van der Waals surface area contributed by atoms with Crippen molar-refractivity contribution in [2.75, 3.05) is 18.1 Å². The van der Waals surface area contributed by atoms with Crippen LogP contribution < -0.4 is 5.32 Å². The maximum Gasteiger partial charge on any atom is 0.225 e. The average Bonchev–Trinajstić information content (AvgIpc) is 2.57. The van der Waals surface area contributed by atoms with Crippen molar-refractivity contribution in [1.82, 2.24) is 4.31 Å². The van der Waals surface area contributed by atoms with Gasteiger partial charge in [-0.1, -0.05) is 41.9 Å². The third-order valence-corrected chi connectivity index (χ3v) is 5.75. The van der Waals surface area contributed by atoms with E-state index in [0.717, 1.165) is 17.4 Å². The number of amides is 1. The first-order valence-corrected chi connectivity index (χ1v) is 10.5. The monoisotopic (exact) mass is 394 g/mol. The summed E-state index contributed by atoms with van der Waals surface area (Å²) in [7, 11) is -3.46. The van der Waals surface area contributed by atoms with Crippen LogP contribution in [0.3, 0.4) is 0 Å². The Morgan fingerprint density at radius 1 is 1.19 bits per heavy atom. The number of nitrogens with one attached hydrogen (secondary N) is 1. The van der Waals surface area contributed by atoms with E-state index in [-0.39, 0.29) is 24.9 Å². The highest BCUT2D eigenvalue weighted by Gasteiger charge is 2.25. The molecule has 0 fully saturated rings. The normalized spacial score (nSPS) is 12.8. The van der Waals surface area contributed by atoms with Crippen molar-refractivity contribution in [3.63, 3.8) is 0 Å². The van der Waals surface area contributed by atoms with Gasteiger partial charge in [-0.3, -0.25) is 4.79 Å². The van der Waals surface area contributed by atoms with E-state index in [0.29, 0.717) is 10.7 Å². The number of carbonyl (C=O) groups is 1. The second-order valence-corrected chi connectivity index (χ2v) is 8.59. The van der Waals surface area contributed by atoms with Crippen molar-refractivity contribution in [1.29, 1.82) is 0 Å². The minimum atomic E-state index is -3.46. The van der Waals surface area contributed by atoms with Crippen molar-refractivity contribution in [3.8, 4) is 0 Å². The van der Waals surface area contributed by atoms with Crippen LogP contribution in [-0.2, 0) is 14.8 Å². The first-order chi connectivity index (χ1) is 12.2. The summed E-state index contributed by atoms with van der Waals surface area (Å²) in [6.07, 6.45) is 1.22.